The second kappa shape index (κ2) is 15.8. The monoisotopic (exact) mass is 819 g/mol. The van der Waals surface area contributed by atoms with Gasteiger partial charge in [0.1, 0.15) is 23.7 Å². The Morgan fingerprint density at radius 2 is 2.05 bits per heavy atom. The van der Waals surface area contributed by atoms with E-state index in [0.717, 1.165) is 41.1 Å². The number of oxime groups is 1. The summed E-state index contributed by atoms with van der Waals surface area (Å²) in [5.41, 5.74) is 9.66. The van der Waals surface area contributed by atoms with E-state index in [1.54, 1.807) is 12.3 Å². The van der Waals surface area contributed by atoms with Crippen LogP contribution in [0.1, 0.15) is 38.4 Å². The van der Waals surface area contributed by atoms with Gasteiger partial charge in [0.05, 0.1) is 30.9 Å². The number of rotatable bonds is 16. The van der Waals surface area contributed by atoms with E-state index in [1.165, 1.54) is 26.2 Å². The minimum atomic E-state index is -5.04. The number of aliphatic carboxylic acids is 1. The molecule has 56 heavy (non-hydrogen) atoms. The zero-order valence-electron chi connectivity index (χ0n) is 30.5. The zero-order chi connectivity index (χ0) is 40.6. The quantitative estimate of drug-likeness (QED) is 0.0277. The zero-order valence-corrected chi connectivity index (χ0v) is 32.2. The van der Waals surface area contributed by atoms with Gasteiger partial charge in [0.2, 0.25) is 0 Å². The average Bonchev–Trinajstić information content (AvgIpc) is 3.57. The van der Waals surface area contributed by atoms with E-state index in [9.17, 15) is 33.0 Å². The van der Waals surface area contributed by atoms with Crippen molar-refractivity contribution in [3.05, 3.63) is 47.2 Å². The fourth-order valence-corrected chi connectivity index (χ4v) is 7.30. The Morgan fingerprint density at radius 1 is 1.30 bits per heavy atom. The van der Waals surface area contributed by atoms with Crippen LogP contribution in [0.15, 0.2) is 41.1 Å². The Bertz CT molecular complexity index is 2150. The highest BCUT2D eigenvalue weighted by atomic mass is 32.3. The molecule has 23 heteroatoms. The maximum Gasteiger partial charge on any atom is 0.418 e. The first kappa shape index (κ1) is 40.6. The number of amides is 2. The third-order valence-electron chi connectivity index (χ3n) is 9.79. The summed E-state index contributed by atoms with van der Waals surface area (Å²) in [4.78, 5) is 53.4. The second-order valence-corrected chi connectivity index (χ2v) is 16.2. The number of aromatic nitrogens is 3. The number of carbonyl (C=O) groups excluding carboxylic acids is 2. The van der Waals surface area contributed by atoms with Gasteiger partial charge in [-0.15, -0.1) is 15.6 Å². The van der Waals surface area contributed by atoms with E-state index >= 15 is 0 Å². The number of aryl methyl sites for hydroxylation is 1. The van der Waals surface area contributed by atoms with Gasteiger partial charge in [0, 0.05) is 36.5 Å². The molecule has 3 aliphatic rings. The van der Waals surface area contributed by atoms with Crippen LogP contribution in [-0.4, -0.2) is 117 Å². The number of hydrogen-bond donors (Lipinski definition) is 8. The number of thiazole rings is 1. The molecule has 4 atom stereocenters. The number of ether oxygens (including phenoxy) is 1. The summed E-state index contributed by atoms with van der Waals surface area (Å²) in [7, 11) is -5.04. The Labute approximate surface area is 324 Å². The minimum Gasteiger partial charge on any atom is -0.485 e. The number of benzene rings is 1. The van der Waals surface area contributed by atoms with Crippen LogP contribution in [0.5, 0.6) is 5.75 Å². The van der Waals surface area contributed by atoms with Crippen molar-refractivity contribution in [3.63, 3.8) is 0 Å². The fourth-order valence-electron chi connectivity index (χ4n) is 6.30. The molecule has 10 N–H and O–H groups in total. The highest BCUT2D eigenvalue weighted by Gasteiger charge is 2.58. The van der Waals surface area contributed by atoms with Crippen LogP contribution in [0.2, 0.25) is 0 Å². The van der Waals surface area contributed by atoms with E-state index in [2.05, 4.69) is 35.4 Å². The van der Waals surface area contributed by atoms with E-state index in [1.807, 2.05) is 22.9 Å². The van der Waals surface area contributed by atoms with Gasteiger partial charge in [-0.1, -0.05) is 16.2 Å². The number of nitrogens with zero attached hydrogens (tertiary/aromatic N) is 5. The summed E-state index contributed by atoms with van der Waals surface area (Å²) < 4.78 is 44.0. The predicted molar refractivity (Wildman–Crippen MR) is 198 cm³/mol. The van der Waals surface area contributed by atoms with Crippen molar-refractivity contribution in [2.45, 2.75) is 69.5 Å². The molecule has 2 amide bonds. The van der Waals surface area contributed by atoms with E-state index in [-0.39, 0.29) is 30.3 Å². The highest BCUT2D eigenvalue weighted by Crippen LogP contribution is 2.37. The standard InChI is InChI=1S/C33H42N10O11S2/c1-32(2)26(28(46)43(32)54-56(49,50)51)40-27(45)25(22-16-55-30(35)39-22)41-53-33(3,29(47)48)24-7-5-19-8-18(4-6-23(19)52-24)20-12-37-31(38-13-21(44)9-34)42(15-20)14-17-10-36-11-17/h4,6,8,12,15-17,21,24,26,36,44H,5,7,9-11,13-14,34H2,1-3H3,(H5,35,39,40,45,47,48,49,50,51)/p+1/b41-25-/t21-,24+,26+,33-/m0/s1. The third kappa shape index (κ3) is 8.52. The van der Waals surface area contributed by atoms with E-state index in [4.69, 9.17) is 25.6 Å². The number of hydroxylamine groups is 2. The number of nitrogens with two attached hydrogens (primary N) is 2. The molecule has 302 valence electrons. The molecule has 0 saturated carbocycles. The molecule has 21 nitrogen and oxygen atoms in total. The molecule has 6 rings (SSSR count). The van der Waals surface area contributed by atoms with Crippen molar-refractivity contribution in [1.29, 1.82) is 0 Å². The largest absolute Gasteiger partial charge is 0.485 e. The lowest BCUT2D eigenvalue weighted by atomic mass is 9.84. The molecule has 0 unspecified atom stereocenters. The second-order valence-electron chi connectivity index (χ2n) is 14.3. The summed E-state index contributed by atoms with van der Waals surface area (Å²) >= 11 is 0.962. The van der Waals surface area contributed by atoms with Crippen LogP contribution in [0.3, 0.4) is 0 Å². The number of anilines is 2. The van der Waals surface area contributed by atoms with Crippen molar-refractivity contribution >= 4 is 56.3 Å². The van der Waals surface area contributed by atoms with Crippen LogP contribution < -0.4 is 36.7 Å². The van der Waals surface area contributed by atoms with Crippen LogP contribution >= 0.6 is 11.3 Å². The molecule has 2 fully saturated rings. The Balaban J connectivity index is 1.20. The Hall–Kier alpha value is -5.04. The predicted octanol–water partition coefficient (Wildman–Crippen LogP) is -1.18. The van der Waals surface area contributed by atoms with Crippen molar-refractivity contribution < 1.29 is 56.0 Å². The molecule has 5 heterocycles. The number of fused-ring (bicyclic) bond motifs is 1. The molecular formula is C33H43N10O11S2+. The average molecular weight is 820 g/mol. The van der Waals surface area contributed by atoms with Gasteiger partial charge in [-0.3, -0.25) is 19.5 Å². The van der Waals surface area contributed by atoms with Gasteiger partial charge in [0.25, 0.3) is 17.4 Å². The molecule has 3 aliphatic heterocycles. The van der Waals surface area contributed by atoms with Crippen LogP contribution in [0, 0.1) is 5.92 Å². The van der Waals surface area contributed by atoms with Gasteiger partial charge < -0.3 is 41.9 Å². The normalized spacial score (nSPS) is 21.1. The lowest BCUT2D eigenvalue weighted by Crippen LogP contribution is -2.76. The summed E-state index contributed by atoms with van der Waals surface area (Å²) in [6.07, 6.45) is 2.50. The van der Waals surface area contributed by atoms with Gasteiger partial charge in [-0.25, -0.2) is 14.3 Å². The highest BCUT2D eigenvalue weighted by molar-refractivity contribution is 7.80. The van der Waals surface area contributed by atoms with Gasteiger partial charge in [0.15, 0.2) is 16.9 Å². The summed E-state index contributed by atoms with van der Waals surface area (Å²) in [6.45, 7) is 6.83. The van der Waals surface area contributed by atoms with Crippen LogP contribution in [-0.2, 0) is 46.9 Å². The number of nitrogens with one attached hydrogen (secondary N) is 3. The first-order valence-electron chi connectivity index (χ1n) is 17.4. The number of carboxylic acids is 1. The van der Waals surface area contributed by atoms with Crippen molar-refractivity contribution in [3.8, 4) is 16.9 Å². The molecule has 2 saturated heterocycles. The lowest BCUT2D eigenvalue weighted by molar-refractivity contribution is -0.692. The molecule has 2 aromatic heterocycles. The fraction of sp³-hybridized carbons (Fsp3) is 0.485. The first-order valence-corrected chi connectivity index (χ1v) is 19.7. The summed E-state index contributed by atoms with van der Waals surface area (Å²) in [6, 6.07) is 4.16. The van der Waals surface area contributed by atoms with E-state index < -0.39 is 63.3 Å². The number of hydrogen-bond acceptors (Lipinski definition) is 17. The van der Waals surface area contributed by atoms with Crippen LogP contribution in [0.4, 0.5) is 11.1 Å². The topological polar surface area (TPSA) is 307 Å². The molecular weight excluding hydrogens is 777 g/mol. The number of carboxylic acid groups (broad SMARTS) is 1. The van der Waals surface area contributed by atoms with Crippen molar-refractivity contribution in [1.82, 2.24) is 25.7 Å². The number of nitrogen functional groups attached to an aromatic ring is 1. The number of aliphatic hydroxyl groups excluding tert-OH is 1. The van der Waals surface area contributed by atoms with E-state index in [0.29, 0.717) is 35.6 Å². The Kier molecular flexibility index (Phi) is 11.5. The number of carbonyl (C=O) groups is 3. The number of aliphatic hydroxyl groups is 1. The molecule has 1 aromatic carbocycles. The molecule has 0 bridgehead atoms. The first-order chi connectivity index (χ1) is 26.4. The van der Waals surface area contributed by atoms with Gasteiger partial charge >= 0.3 is 22.3 Å². The summed E-state index contributed by atoms with van der Waals surface area (Å²) in [5.74, 6) is -2.02. The van der Waals surface area contributed by atoms with Gasteiger partial charge in [-0.05, 0) is 56.9 Å². The summed E-state index contributed by atoms with van der Waals surface area (Å²) in [5, 5.41) is 35.0. The molecule has 0 aliphatic carbocycles. The van der Waals surface area contributed by atoms with Crippen molar-refractivity contribution in [2.75, 3.05) is 37.2 Å². The maximum absolute atomic E-state index is 13.6. The lowest BCUT2D eigenvalue weighted by Gasteiger charge is -2.50. The molecule has 0 spiro atoms. The maximum atomic E-state index is 13.6. The molecule has 3 aromatic rings. The smallest absolute Gasteiger partial charge is 0.418 e. The SMILES string of the molecule is CC1(C)[C@H](NC(=O)/C(=N\O[C@](C)(C(=O)O)[C@H]2CCc3cc(-c4cnc(NC[C@@H](O)CN)[n+](CC5CNC5)c4)ccc3O2)c2csc(N)n2)C(=O)N1OS(=O)(=O)O. The minimum absolute atomic E-state index is 0.0529. The van der Waals surface area contributed by atoms with Crippen LogP contribution in [0.25, 0.3) is 11.1 Å². The Morgan fingerprint density at radius 3 is 2.66 bits per heavy atom. The van der Waals surface area contributed by atoms with Gasteiger partial charge in [-0.2, -0.15) is 13.5 Å². The number of β-lactam (4-membered cyclic amide) rings is 1. The third-order valence-corrected chi connectivity index (χ3v) is 10.8. The van der Waals surface area contributed by atoms with Crippen molar-refractivity contribution in [2.24, 2.45) is 16.8 Å². The molecule has 0 radical (unpaired) electrons.